The molecule has 3 nitrogen and oxygen atoms in total. The van der Waals surface area contributed by atoms with Crippen LogP contribution in [0.5, 0.6) is 11.5 Å². The first-order chi connectivity index (χ1) is 11.9. The molecule has 2 aromatic rings. The van der Waals surface area contributed by atoms with Gasteiger partial charge in [0, 0.05) is 28.5 Å². The lowest BCUT2D eigenvalue weighted by atomic mass is 10.1. The molecule has 0 saturated carbocycles. The van der Waals surface area contributed by atoms with Gasteiger partial charge in [0.25, 0.3) is 5.92 Å². The lowest BCUT2D eigenvalue weighted by Crippen LogP contribution is -2.21. The van der Waals surface area contributed by atoms with E-state index in [-0.39, 0.29) is 33.4 Å². The van der Waals surface area contributed by atoms with Crippen molar-refractivity contribution in [2.24, 2.45) is 0 Å². The number of aliphatic hydroxyl groups is 1. The molecular formula is C17H11ClF3NO2S. The highest BCUT2D eigenvalue weighted by Crippen LogP contribution is 2.50. The van der Waals surface area contributed by atoms with Crippen LogP contribution in [0, 0.1) is 17.1 Å². The molecule has 3 rings (SSSR count). The molecule has 2 aromatic carbocycles. The maximum absolute atomic E-state index is 14.0. The average molecular weight is 386 g/mol. The van der Waals surface area contributed by atoms with Gasteiger partial charge in [0.15, 0.2) is 0 Å². The van der Waals surface area contributed by atoms with Gasteiger partial charge < -0.3 is 9.84 Å². The summed E-state index contributed by atoms with van der Waals surface area (Å²) in [6.45, 7) is 0. The Hall–Kier alpha value is -1.88. The quantitative estimate of drug-likeness (QED) is 0.594. The Morgan fingerprint density at radius 2 is 2.12 bits per heavy atom. The molecule has 0 amide bonds. The van der Waals surface area contributed by atoms with E-state index in [9.17, 15) is 18.3 Å². The van der Waals surface area contributed by atoms with Gasteiger partial charge in [-0.1, -0.05) is 0 Å². The number of fused-ring (bicyclic) bond motifs is 1. The average Bonchev–Trinajstić information content (AvgIpc) is 2.80. The Balaban J connectivity index is 2.05. The second-order valence-electron chi connectivity index (χ2n) is 5.44. The van der Waals surface area contributed by atoms with Crippen molar-refractivity contribution in [3.63, 3.8) is 0 Å². The number of ether oxygens (including phenoxy) is 1. The summed E-state index contributed by atoms with van der Waals surface area (Å²) in [6.07, 6.45) is -2.66. The third kappa shape index (κ3) is 3.43. The van der Waals surface area contributed by atoms with Gasteiger partial charge in [0.1, 0.15) is 23.4 Å². The van der Waals surface area contributed by atoms with E-state index in [2.05, 4.69) is 0 Å². The first-order valence-electron chi connectivity index (χ1n) is 7.14. The third-order valence-corrected chi connectivity index (χ3v) is 4.90. The van der Waals surface area contributed by atoms with E-state index in [1.165, 1.54) is 18.2 Å². The van der Waals surface area contributed by atoms with Gasteiger partial charge in [0.05, 0.1) is 16.8 Å². The molecule has 25 heavy (non-hydrogen) atoms. The van der Waals surface area contributed by atoms with Crippen molar-refractivity contribution in [2.45, 2.75) is 23.3 Å². The van der Waals surface area contributed by atoms with E-state index in [1.807, 2.05) is 0 Å². The smallest absolute Gasteiger partial charge is 0.281 e. The van der Waals surface area contributed by atoms with E-state index in [1.54, 1.807) is 6.07 Å². The third-order valence-electron chi connectivity index (χ3n) is 3.80. The number of rotatable bonds is 4. The van der Waals surface area contributed by atoms with Crippen molar-refractivity contribution in [3.8, 4) is 17.6 Å². The Bertz CT molecular complexity index is 870. The number of alkyl halides is 3. The fraction of sp³-hybridized carbons (Fsp3) is 0.235. The van der Waals surface area contributed by atoms with Crippen LogP contribution in [0.25, 0.3) is 0 Å². The molecule has 0 saturated heterocycles. The maximum atomic E-state index is 14.0. The highest BCUT2D eigenvalue weighted by atomic mass is 35.5. The molecule has 0 bridgehead atoms. The Labute approximate surface area is 151 Å². The van der Waals surface area contributed by atoms with Gasteiger partial charge in [-0.2, -0.15) is 5.26 Å². The first kappa shape index (κ1) is 17.9. The van der Waals surface area contributed by atoms with Crippen LogP contribution in [0.4, 0.5) is 13.2 Å². The minimum absolute atomic E-state index is 0.0150. The van der Waals surface area contributed by atoms with E-state index in [0.717, 1.165) is 23.9 Å². The lowest BCUT2D eigenvalue weighted by Gasteiger charge is -2.15. The SMILES string of the molecule is N#Cc1cc(F)cc(Oc2ccc(SCCl)c3c2CC(F)(F)C3O)c1. The molecule has 0 radical (unpaired) electrons. The zero-order valence-corrected chi connectivity index (χ0v) is 14.2. The number of hydrogen-bond donors (Lipinski definition) is 1. The summed E-state index contributed by atoms with van der Waals surface area (Å²) in [5.41, 5.74) is 0.270. The molecule has 8 heteroatoms. The monoisotopic (exact) mass is 385 g/mol. The van der Waals surface area contributed by atoms with E-state index >= 15 is 0 Å². The molecule has 1 N–H and O–H groups in total. The van der Waals surface area contributed by atoms with E-state index in [0.29, 0.717) is 4.90 Å². The largest absolute Gasteiger partial charge is 0.457 e. The molecule has 1 aliphatic rings. The van der Waals surface area contributed by atoms with Gasteiger partial charge >= 0.3 is 0 Å². The highest BCUT2D eigenvalue weighted by molar-refractivity contribution is 8.00. The molecule has 1 atom stereocenters. The second kappa shape index (κ2) is 6.79. The van der Waals surface area contributed by atoms with Gasteiger partial charge in [-0.15, -0.1) is 23.4 Å². The highest BCUT2D eigenvalue weighted by Gasteiger charge is 2.49. The summed E-state index contributed by atoms with van der Waals surface area (Å²) in [6, 6.07) is 8.19. The molecule has 0 heterocycles. The van der Waals surface area contributed by atoms with Crippen molar-refractivity contribution in [1.82, 2.24) is 0 Å². The van der Waals surface area contributed by atoms with Crippen LogP contribution >= 0.6 is 23.4 Å². The Morgan fingerprint density at radius 3 is 2.80 bits per heavy atom. The summed E-state index contributed by atoms with van der Waals surface area (Å²) in [4.78, 5) is 0.444. The number of nitriles is 1. The van der Waals surface area contributed by atoms with Gasteiger partial charge in [-0.05, 0) is 24.3 Å². The van der Waals surface area contributed by atoms with E-state index in [4.69, 9.17) is 21.6 Å². The lowest BCUT2D eigenvalue weighted by molar-refractivity contribution is -0.0976. The van der Waals surface area contributed by atoms with E-state index < -0.39 is 24.3 Å². The minimum atomic E-state index is -3.33. The molecule has 1 unspecified atom stereocenters. The topological polar surface area (TPSA) is 53.2 Å². The predicted molar refractivity (Wildman–Crippen MR) is 87.8 cm³/mol. The number of aliphatic hydroxyl groups excluding tert-OH is 1. The Kier molecular flexibility index (Phi) is 4.87. The molecule has 1 aliphatic carbocycles. The van der Waals surface area contributed by atoms with Gasteiger partial charge in [0.2, 0.25) is 0 Å². The van der Waals surface area contributed by atoms with Crippen molar-refractivity contribution < 1.29 is 23.0 Å². The summed E-state index contributed by atoms with van der Waals surface area (Å²) >= 11 is 6.79. The summed E-state index contributed by atoms with van der Waals surface area (Å²) < 4.78 is 47.1. The Morgan fingerprint density at radius 1 is 1.36 bits per heavy atom. The van der Waals surface area contributed by atoms with Crippen molar-refractivity contribution in [1.29, 1.82) is 5.26 Å². The van der Waals surface area contributed by atoms with Crippen molar-refractivity contribution in [3.05, 3.63) is 52.8 Å². The van der Waals surface area contributed by atoms with Crippen molar-refractivity contribution in [2.75, 3.05) is 5.21 Å². The first-order valence-corrected chi connectivity index (χ1v) is 8.66. The number of halogens is 4. The second-order valence-corrected chi connectivity index (χ2v) is 7.04. The molecule has 0 aliphatic heterocycles. The molecular weight excluding hydrogens is 375 g/mol. The van der Waals surface area contributed by atoms with Crippen LogP contribution in [0.15, 0.2) is 35.2 Å². The van der Waals surface area contributed by atoms with Crippen LogP contribution < -0.4 is 4.74 Å². The zero-order chi connectivity index (χ0) is 18.2. The molecule has 0 spiro atoms. The fourth-order valence-electron chi connectivity index (χ4n) is 2.74. The van der Waals surface area contributed by atoms with Crippen LogP contribution in [-0.2, 0) is 6.42 Å². The van der Waals surface area contributed by atoms with Gasteiger partial charge in [-0.3, -0.25) is 0 Å². The molecule has 0 aromatic heterocycles. The van der Waals surface area contributed by atoms with Crippen LogP contribution in [0.3, 0.4) is 0 Å². The zero-order valence-electron chi connectivity index (χ0n) is 12.6. The number of nitrogens with zero attached hydrogens (tertiary/aromatic N) is 1. The maximum Gasteiger partial charge on any atom is 0.281 e. The standard InChI is InChI=1S/C17H11ClF3NO2S/c18-8-25-14-2-1-13(12-6-17(20,21)16(23)15(12)14)24-11-4-9(7-22)3-10(19)5-11/h1-5,16,23H,6,8H2. The van der Waals surface area contributed by atoms with Crippen LogP contribution in [0.2, 0.25) is 0 Å². The molecule has 130 valence electrons. The molecule has 0 fully saturated rings. The number of benzene rings is 2. The number of thioether (sulfide) groups is 1. The summed E-state index contributed by atoms with van der Waals surface area (Å²) in [7, 11) is 0. The predicted octanol–water partition coefficient (Wildman–Crippen LogP) is 5.00. The van der Waals surface area contributed by atoms with Gasteiger partial charge in [-0.25, -0.2) is 13.2 Å². The minimum Gasteiger partial charge on any atom is -0.457 e. The summed E-state index contributed by atoms with van der Waals surface area (Å²) in [5, 5.41) is 19.0. The normalized spacial score (nSPS) is 17.8. The van der Waals surface area contributed by atoms with Crippen LogP contribution in [-0.4, -0.2) is 16.2 Å². The van der Waals surface area contributed by atoms with Crippen LogP contribution in [0.1, 0.15) is 22.8 Å². The van der Waals surface area contributed by atoms with Crippen molar-refractivity contribution >= 4 is 23.4 Å². The summed E-state index contributed by atoms with van der Waals surface area (Å²) in [5.74, 6) is -3.91. The number of hydrogen-bond acceptors (Lipinski definition) is 4. The fourth-order valence-corrected chi connectivity index (χ4v) is 3.77.